The molecule has 2 aromatic rings. The summed E-state index contributed by atoms with van der Waals surface area (Å²) in [4.78, 5) is 3.98. The molecule has 0 aliphatic heterocycles. The zero-order valence-corrected chi connectivity index (χ0v) is 9.01. The number of aromatic nitrogens is 2. The first-order valence-corrected chi connectivity index (χ1v) is 4.94. The highest BCUT2D eigenvalue weighted by molar-refractivity contribution is 9.10. The van der Waals surface area contributed by atoms with Gasteiger partial charge in [0.05, 0.1) is 11.0 Å². The lowest BCUT2D eigenvalue weighted by Crippen LogP contribution is -2.17. The summed E-state index contributed by atoms with van der Waals surface area (Å²) in [5, 5.41) is 0. The van der Waals surface area contributed by atoms with Gasteiger partial charge in [-0.2, -0.15) is 13.2 Å². The van der Waals surface area contributed by atoms with Crippen molar-refractivity contribution in [2.24, 2.45) is 0 Å². The van der Waals surface area contributed by atoms with Crippen LogP contribution in [0.15, 0.2) is 29.0 Å². The highest BCUT2D eigenvalue weighted by Gasteiger charge is 2.29. The van der Waals surface area contributed by atoms with Gasteiger partial charge >= 0.3 is 6.18 Å². The van der Waals surface area contributed by atoms with Gasteiger partial charge < -0.3 is 4.57 Å². The van der Waals surface area contributed by atoms with Crippen molar-refractivity contribution < 1.29 is 13.2 Å². The van der Waals surface area contributed by atoms with E-state index in [1.165, 1.54) is 0 Å². The van der Waals surface area contributed by atoms with Gasteiger partial charge in [0.15, 0.2) is 4.73 Å². The lowest BCUT2D eigenvalue weighted by atomic mass is 10.3. The van der Waals surface area contributed by atoms with Crippen LogP contribution < -0.4 is 0 Å². The Morgan fingerprint density at radius 1 is 1.27 bits per heavy atom. The van der Waals surface area contributed by atoms with Crippen molar-refractivity contribution in [3.05, 3.63) is 29.0 Å². The third-order valence-electron chi connectivity index (χ3n) is 1.95. The number of imidazole rings is 1. The minimum atomic E-state index is -4.24. The Hall–Kier alpha value is -1.04. The molecule has 0 fully saturated rings. The summed E-state index contributed by atoms with van der Waals surface area (Å²) in [5.41, 5.74) is 1.02. The Bertz CT molecular complexity index is 490. The van der Waals surface area contributed by atoms with Crippen molar-refractivity contribution in [3.8, 4) is 0 Å². The lowest BCUT2D eigenvalue weighted by Gasteiger charge is -2.08. The number of hydrogen-bond donors (Lipinski definition) is 0. The largest absolute Gasteiger partial charge is 0.406 e. The summed E-state index contributed by atoms with van der Waals surface area (Å²) in [7, 11) is 0. The van der Waals surface area contributed by atoms with E-state index >= 15 is 0 Å². The predicted octanol–water partition coefficient (Wildman–Crippen LogP) is 3.36. The number of para-hydroxylation sites is 2. The van der Waals surface area contributed by atoms with Gasteiger partial charge in [-0.1, -0.05) is 12.1 Å². The molecule has 80 valence electrons. The van der Waals surface area contributed by atoms with Gasteiger partial charge in [-0.25, -0.2) is 4.98 Å². The molecule has 2 rings (SSSR count). The maximum absolute atomic E-state index is 12.3. The molecule has 0 atom stereocenters. The van der Waals surface area contributed by atoms with Crippen molar-refractivity contribution in [1.82, 2.24) is 9.55 Å². The standard InChI is InChI=1S/C9H6BrF3N2/c10-8-14-6-3-1-2-4-7(6)15(8)5-9(11,12)13/h1-4H,5H2. The van der Waals surface area contributed by atoms with Crippen LogP contribution in [-0.2, 0) is 6.54 Å². The molecule has 0 saturated carbocycles. The molecule has 0 radical (unpaired) electrons. The molecule has 1 heterocycles. The molecular formula is C9H6BrF3N2. The van der Waals surface area contributed by atoms with Gasteiger partial charge in [0.25, 0.3) is 0 Å². The van der Waals surface area contributed by atoms with E-state index in [-0.39, 0.29) is 4.73 Å². The number of nitrogens with zero attached hydrogens (tertiary/aromatic N) is 2. The smallest absolute Gasteiger partial charge is 0.309 e. The monoisotopic (exact) mass is 278 g/mol. The van der Waals surface area contributed by atoms with Crippen LogP contribution in [0.25, 0.3) is 11.0 Å². The van der Waals surface area contributed by atoms with E-state index in [0.717, 1.165) is 4.57 Å². The summed E-state index contributed by atoms with van der Waals surface area (Å²) in [6.07, 6.45) is -4.24. The summed E-state index contributed by atoms with van der Waals surface area (Å²) < 4.78 is 38.1. The van der Waals surface area contributed by atoms with Gasteiger partial charge in [-0.3, -0.25) is 0 Å². The molecule has 6 heteroatoms. The molecule has 0 amide bonds. The van der Waals surface area contributed by atoms with Crippen molar-refractivity contribution in [2.75, 3.05) is 0 Å². The molecule has 1 aromatic heterocycles. The van der Waals surface area contributed by atoms with Crippen molar-refractivity contribution in [2.45, 2.75) is 12.7 Å². The summed E-state index contributed by atoms with van der Waals surface area (Å²) >= 11 is 3.01. The Kier molecular flexibility index (Phi) is 2.46. The van der Waals surface area contributed by atoms with Crippen molar-refractivity contribution in [3.63, 3.8) is 0 Å². The fourth-order valence-electron chi connectivity index (χ4n) is 1.38. The second kappa shape index (κ2) is 3.52. The molecule has 0 aliphatic rings. The highest BCUT2D eigenvalue weighted by atomic mass is 79.9. The fourth-order valence-corrected chi connectivity index (χ4v) is 1.88. The van der Waals surface area contributed by atoms with Crippen LogP contribution >= 0.6 is 15.9 Å². The number of alkyl halides is 3. The molecule has 15 heavy (non-hydrogen) atoms. The average Bonchev–Trinajstić information content (AvgIpc) is 2.41. The van der Waals surface area contributed by atoms with E-state index in [1.54, 1.807) is 24.3 Å². The van der Waals surface area contributed by atoms with Gasteiger partial charge in [0, 0.05) is 0 Å². The maximum atomic E-state index is 12.3. The molecule has 0 aliphatic carbocycles. The van der Waals surface area contributed by atoms with Crippen LogP contribution in [0.1, 0.15) is 0 Å². The highest BCUT2D eigenvalue weighted by Crippen LogP contribution is 2.25. The van der Waals surface area contributed by atoms with Crippen LogP contribution in [-0.4, -0.2) is 15.7 Å². The van der Waals surface area contributed by atoms with E-state index in [0.29, 0.717) is 11.0 Å². The topological polar surface area (TPSA) is 17.8 Å². The second-order valence-electron chi connectivity index (χ2n) is 3.07. The number of halogens is 4. The van der Waals surface area contributed by atoms with E-state index in [9.17, 15) is 13.2 Å². The van der Waals surface area contributed by atoms with Crippen LogP contribution in [0, 0.1) is 0 Å². The minimum absolute atomic E-state index is 0.195. The third-order valence-corrected chi connectivity index (χ3v) is 2.55. The lowest BCUT2D eigenvalue weighted by molar-refractivity contribution is -0.140. The maximum Gasteiger partial charge on any atom is 0.406 e. The number of rotatable bonds is 1. The molecule has 0 unspecified atom stereocenters. The first-order valence-electron chi connectivity index (χ1n) is 4.15. The summed E-state index contributed by atoms with van der Waals surface area (Å²) in [6.45, 7) is -1.03. The van der Waals surface area contributed by atoms with Gasteiger partial charge in [0.2, 0.25) is 0 Å². The van der Waals surface area contributed by atoms with Crippen LogP contribution in [0.3, 0.4) is 0 Å². The van der Waals surface area contributed by atoms with Gasteiger partial charge in [0.1, 0.15) is 6.54 Å². The molecule has 1 aromatic carbocycles. The van der Waals surface area contributed by atoms with E-state index in [2.05, 4.69) is 20.9 Å². The third kappa shape index (κ3) is 2.14. The van der Waals surface area contributed by atoms with Crippen molar-refractivity contribution >= 4 is 27.0 Å². The second-order valence-corrected chi connectivity index (χ2v) is 3.78. The Morgan fingerprint density at radius 3 is 2.60 bits per heavy atom. The number of fused-ring (bicyclic) bond motifs is 1. The number of hydrogen-bond acceptors (Lipinski definition) is 1. The first kappa shape index (κ1) is 10.5. The Balaban J connectivity index is 2.54. The molecule has 0 bridgehead atoms. The van der Waals surface area contributed by atoms with Crippen LogP contribution in [0.5, 0.6) is 0 Å². The molecule has 0 saturated heterocycles. The zero-order valence-electron chi connectivity index (χ0n) is 7.42. The molecule has 0 N–H and O–H groups in total. The fraction of sp³-hybridized carbons (Fsp3) is 0.222. The van der Waals surface area contributed by atoms with Gasteiger partial charge in [-0.05, 0) is 28.1 Å². The quantitative estimate of drug-likeness (QED) is 0.782. The van der Waals surface area contributed by atoms with E-state index in [4.69, 9.17) is 0 Å². The SMILES string of the molecule is FC(F)(F)Cn1c(Br)nc2ccccc21. The summed E-state index contributed by atoms with van der Waals surface area (Å²) in [5.74, 6) is 0. The van der Waals surface area contributed by atoms with Gasteiger partial charge in [-0.15, -0.1) is 0 Å². The van der Waals surface area contributed by atoms with Crippen LogP contribution in [0.2, 0.25) is 0 Å². The zero-order chi connectivity index (χ0) is 11.1. The molecule has 2 nitrogen and oxygen atoms in total. The summed E-state index contributed by atoms with van der Waals surface area (Å²) in [6, 6.07) is 6.70. The van der Waals surface area contributed by atoms with Crippen LogP contribution in [0.4, 0.5) is 13.2 Å². The normalized spacial score (nSPS) is 12.3. The molecular weight excluding hydrogens is 273 g/mol. The predicted molar refractivity (Wildman–Crippen MR) is 53.5 cm³/mol. The van der Waals surface area contributed by atoms with E-state index < -0.39 is 12.7 Å². The van der Waals surface area contributed by atoms with E-state index in [1.807, 2.05) is 0 Å². The average molecular weight is 279 g/mol. The number of benzene rings is 1. The van der Waals surface area contributed by atoms with Crippen molar-refractivity contribution in [1.29, 1.82) is 0 Å². The molecule has 0 spiro atoms. The first-order chi connectivity index (χ1) is 6.97. The Morgan fingerprint density at radius 2 is 1.93 bits per heavy atom. The Labute approximate surface area is 91.8 Å². The minimum Gasteiger partial charge on any atom is -0.309 e.